The number of hydrogen-bond acceptors (Lipinski definition) is 1. The summed E-state index contributed by atoms with van der Waals surface area (Å²) in [6.07, 6.45) is 0.990. The van der Waals surface area contributed by atoms with Crippen molar-refractivity contribution in [2.45, 2.75) is 38.1 Å². The maximum atomic E-state index is 11.7. The fraction of sp³-hybridized carbons (Fsp3) is 0.462. The minimum absolute atomic E-state index is 0.0124. The van der Waals surface area contributed by atoms with Crippen molar-refractivity contribution >= 4 is 21.8 Å². The van der Waals surface area contributed by atoms with E-state index in [0.717, 1.165) is 6.42 Å². The first-order chi connectivity index (χ1) is 7.45. The van der Waals surface area contributed by atoms with E-state index in [0.29, 0.717) is 6.54 Å². The van der Waals surface area contributed by atoms with E-state index >= 15 is 0 Å². The van der Waals surface area contributed by atoms with Crippen molar-refractivity contribution in [3.8, 4) is 0 Å². The van der Waals surface area contributed by atoms with Gasteiger partial charge in [0.1, 0.15) is 0 Å². The van der Waals surface area contributed by atoms with Gasteiger partial charge in [0.2, 0.25) is 5.91 Å². The third kappa shape index (κ3) is 3.63. The van der Waals surface area contributed by atoms with Crippen LogP contribution in [0.2, 0.25) is 0 Å². The normalized spacial score (nSPS) is 11.2. The Hall–Kier alpha value is -0.830. The van der Waals surface area contributed by atoms with Gasteiger partial charge in [0.05, 0.1) is 4.32 Å². The van der Waals surface area contributed by atoms with Crippen molar-refractivity contribution in [1.29, 1.82) is 0 Å². The van der Waals surface area contributed by atoms with Gasteiger partial charge < -0.3 is 5.32 Å². The predicted octanol–water partition coefficient (Wildman–Crippen LogP) is 3.04. The molecular formula is C13H18BrNO. The van der Waals surface area contributed by atoms with Crippen LogP contribution in [0.4, 0.5) is 0 Å². The Bertz CT molecular complexity index is 368. The van der Waals surface area contributed by atoms with Gasteiger partial charge in [0.25, 0.3) is 0 Å². The monoisotopic (exact) mass is 283 g/mol. The molecule has 88 valence electrons. The van der Waals surface area contributed by atoms with Crippen LogP contribution in [0.15, 0.2) is 24.3 Å². The molecule has 2 nitrogen and oxygen atoms in total. The molecule has 0 fully saturated rings. The van der Waals surface area contributed by atoms with Crippen LogP contribution in [0.3, 0.4) is 0 Å². The van der Waals surface area contributed by atoms with Crippen LogP contribution in [-0.2, 0) is 17.8 Å². The first kappa shape index (κ1) is 13.2. The van der Waals surface area contributed by atoms with Gasteiger partial charge in [0.15, 0.2) is 0 Å². The van der Waals surface area contributed by atoms with Crippen molar-refractivity contribution in [1.82, 2.24) is 5.32 Å². The molecule has 1 amide bonds. The van der Waals surface area contributed by atoms with E-state index in [1.807, 2.05) is 26.0 Å². The summed E-state index contributed by atoms with van der Waals surface area (Å²) in [4.78, 5) is 11.7. The molecule has 1 N–H and O–H groups in total. The number of carbonyl (C=O) groups is 1. The minimum Gasteiger partial charge on any atom is -0.351 e. The Morgan fingerprint density at radius 1 is 1.31 bits per heavy atom. The number of aryl methyl sites for hydroxylation is 1. The Morgan fingerprint density at radius 3 is 2.38 bits per heavy atom. The Morgan fingerprint density at radius 2 is 1.88 bits per heavy atom. The third-order valence-electron chi connectivity index (χ3n) is 2.48. The Kier molecular flexibility index (Phi) is 4.54. The summed E-state index contributed by atoms with van der Waals surface area (Å²) in [5.74, 6) is 0.0124. The van der Waals surface area contributed by atoms with Crippen LogP contribution in [-0.4, -0.2) is 10.2 Å². The number of halogens is 1. The average molecular weight is 284 g/mol. The lowest BCUT2D eigenvalue weighted by molar-refractivity contribution is -0.122. The number of benzene rings is 1. The van der Waals surface area contributed by atoms with E-state index in [2.05, 4.69) is 40.3 Å². The van der Waals surface area contributed by atoms with Crippen LogP contribution in [0.5, 0.6) is 0 Å². The molecule has 1 rings (SSSR count). The second-order valence-corrected chi connectivity index (χ2v) is 6.26. The van der Waals surface area contributed by atoms with Gasteiger partial charge in [-0.1, -0.05) is 47.1 Å². The highest BCUT2D eigenvalue weighted by molar-refractivity contribution is 9.10. The van der Waals surface area contributed by atoms with Crippen molar-refractivity contribution in [2.75, 3.05) is 0 Å². The van der Waals surface area contributed by atoms with Crippen LogP contribution in [0.25, 0.3) is 0 Å². The highest BCUT2D eigenvalue weighted by atomic mass is 79.9. The molecule has 16 heavy (non-hydrogen) atoms. The Labute approximate surface area is 106 Å². The summed E-state index contributed by atoms with van der Waals surface area (Å²) in [6, 6.07) is 8.18. The minimum atomic E-state index is -0.506. The van der Waals surface area contributed by atoms with Crippen molar-refractivity contribution in [2.24, 2.45) is 0 Å². The molecule has 0 spiro atoms. The predicted molar refractivity (Wildman–Crippen MR) is 70.7 cm³/mol. The molecule has 0 aromatic heterocycles. The van der Waals surface area contributed by atoms with Crippen LogP contribution in [0.1, 0.15) is 31.9 Å². The zero-order valence-corrected chi connectivity index (χ0v) is 11.6. The van der Waals surface area contributed by atoms with Gasteiger partial charge >= 0.3 is 0 Å². The summed E-state index contributed by atoms with van der Waals surface area (Å²) < 4.78 is -0.506. The number of carbonyl (C=O) groups excluding carboxylic acids is 1. The fourth-order valence-corrected chi connectivity index (χ4v) is 1.60. The SMILES string of the molecule is CCc1ccccc1CNC(=O)C(C)(C)Br. The van der Waals surface area contributed by atoms with Crippen molar-refractivity contribution in [3.63, 3.8) is 0 Å². The lowest BCUT2D eigenvalue weighted by atomic mass is 10.1. The standard InChI is InChI=1S/C13H18BrNO/c1-4-10-7-5-6-8-11(10)9-15-12(16)13(2,3)14/h5-8H,4,9H2,1-3H3,(H,15,16). The molecule has 0 atom stereocenters. The van der Waals surface area contributed by atoms with E-state index < -0.39 is 4.32 Å². The number of nitrogens with one attached hydrogen (secondary N) is 1. The molecular weight excluding hydrogens is 266 g/mol. The highest BCUT2D eigenvalue weighted by Gasteiger charge is 2.22. The molecule has 1 aromatic rings. The molecule has 0 saturated heterocycles. The molecule has 0 aliphatic heterocycles. The molecule has 0 aliphatic carbocycles. The lowest BCUT2D eigenvalue weighted by Gasteiger charge is -2.16. The number of hydrogen-bond donors (Lipinski definition) is 1. The largest absolute Gasteiger partial charge is 0.351 e. The quantitative estimate of drug-likeness (QED) is 0.846. The maximum absolute atomic E-state index is 11.7. The van der Waals surface area contributed by atoms with Gasteiger partial charge in [-0.3, -0.25) is 4.79 Å². The first-order valence-electron chi connectivity index (χ1n) is 5.49. The summed E-state index contributed by atoms with van der Waals surface area (Å²) >= 11 is 3.34. The Balaban J connectivity index is 2.65. The maximum Gasteiger partial charge on any atom is 0.236 e. The third-order valence-corrected chi connectivity index (χ3v) is 2.84. The van der Waals surface area contributed by atoms with E-state index in [1.54, 1.807) is 0 Å². The van der Waals surface area contributed by atoms with Crippen LogP contribution < -0.4 is 5.32 Å². The second-order valence-electron chi connectivity index (χ2n) is 4.28. The van der Waals surface area contributed by atoms with E-state index in [4.69, 9.17) is 0 Å². The van der Waals surface area contributed by atoms with Gasteiger partial charge in [-0.15, -0.1) is 0 Å². The smallest absolute Gasteiger partial charge is 0.236 e. The van der Waals surface area contributed by atoms with Crippen LogP contribution >= 0.6 is 15.9 Å². The molecule has 0 unspecified atom stereocenters. The molecule has 0 saturated carbocycles. The average Bonchev–Trinajstić information content (AvgIpc) is 2.24. The number of alkyl halides is 1. The van der Waals surface area contributed by atoms with Gasteiger partial charge in [0, 0.05) is 6.54 Å². The summed E-state index contributed by atoms with van der Waals surface area (Å²) in [7, 11) is 0. The second kappa shape index (κ2) is 5.48. The van der Waals surface area contributed by atoms with Gasteiger partial charge in [-0.25, -0.2) is 0 Å². The van der Waals surface area contributed by atoms with E-state index in [9.17, 15) is 4.79 Å². The molecule has 0 heterocycles. The van der Waals surface area contributed by atoms with Gasteiger partial charge in [-0.05, 0) is 31.4 Å². The number of rotatable bonds is 4. The topological polar surface area (TPSA) is 29.1 Å². The summed E-state index contributed by atoms with van der Waals surface area (Å²) in [6.45, 7) is 6.40. The van der Waals surface area contributed by atoms with Crippen molar-refractivity contribution < 1.29 is 4.79 Å². The molecule has 0 radical (unpaired) electrons. The van der Waals surface area contributed by atoms with Crippen LogP contribution in [0, 0.1) is 0 Å². The van der Waals surface area contributed by atoms with E-state index in [-0.39, 0.29) is 5.91 Å². The zero-order chi connectivity index (χ0) is 12.2. The highest BCUT2D eigenvalue weighted by Crippen LogP contribution is 2.16. The first-order valence-corrected chi connectivity index (χ1v) is 6.28. The van der Waals surface area contributed by atoms with Gasteiger partial charge in [-0.2, -0.15) is 0 Å². The fourth-order valence-electron chi connectivity index (χ4n) is 1.46. The lowest BCUT2D eigenvalue weighted by Crippen LogP contribution is -2.37. The molecule has 3 heteroatoms. The molecule has 0 aliphatic rings. The van der Waals surface area contributed by atoms with E-state index in [1.165, 1.54) is 11.1 Å². The number of amides is 1. The molecule has 0 bridgehead atoms. The molecule has 1 aromatic carbocycles. The summed E-state index contributed by atoms with van der Waals surface area (Å²) in [5.41, 5.74) is 2.48. The summed E-state index contributed by atoms with van der Waals surface area (Å²) in [5, 5.41) is 2.93. The zero-order valence-electron chi connectivity index (χ0n) is 10.0. The van der Waals surface area contributed by atoms with Crippen molar-refractivity contribution in [3.05, 3.63) is 35.4 Å².